The van der Waals surface area contributed by atoms with Crippen LogP contribution >= 0.6 is 0 Å². The highest BCUT2D eigenvalue weighted by molar-refractivity contribution is 6.09. The Balaban J connectivity index is 1.50. The summed E-state index contributed by atoms with van der Waals surface area (Å²) in [5.74, 6) is 1.47. The number of para-hydroxylation sites is 1. The number of anilines is 1. The fourth-order valence-electron chi connectivity index (χ4n) is 3.84. The Labute approximate surface area is 216 Å². The van der Waals surface area contributed by atoms with Crippen LogP contribution < -0.4 is 24.3 Å². The van der Waals surface area contributed by atoms with Gasteiger partial charge in [0.15, 0.2) is 23.9 Å². The van der Waals surface area contributed by atoms with Gasteiger partial charge in [0.1, 0.15) is 17.1 Å². The van der Waals surface area contributed by atoms with E-state index < -0.39 is 5.60 Å². The third-order valence-electron chi connectivity index (χ3n) is 5.69. The second-order valence-electron chi connectivity index (χ2n) is 8.91. The van der Waals surface area contributed by atoms with Gasteiger partial charge < -0.3 is 24.3 Å². The number of hydrogen-bond donors (Lipinski definition) is 1. The van der Waals surface area contributed by atoms with Gasteiger partial charge >= 0.3 is 0 Å². The molecule has 4 rings (SSSR count). The van der Waals surface area contributed by atoms with Crippen LogP contribution in [0.25, 0.3) is 12.2 Å². The van der Waals surface area contributed by atoms with Gasteiger partial charge in [-0.25, -0.2) is 0 Å². The van der Waals surface area contributed by atoms with Crippen LogP contribution in [0, 0.1) is 0 Å². The summed E-state index contributed by atoms with van der Waals surface area (Å²) < 4.78 is 22.6. The van der Waals surface area contributed by atoms with Crippen molar-refractivity contribution in [3.8, 4) is 23.0 Å². The van der Waals surface area contributed by atoms with E-state index in [1.165, 1.54) is 13.2 Å². The predicted molar refractivity (Wildman–Crippen MR) is 144 cm³/mol. The zero-order valence-corrected chi connectivity index (χ0v) is 21.2. The molecule has 0 unspecified atom stereocenters. The Morgan fingerprint density at radius 2 is 1.68 bits per heavy atom. The van der Waals surface area contributed by atoms with Crippen molar-refractivity contribution in [3.05, 3.63) is 89.5 Å². The standard InChI is InChI=1S/C30H29NO6/c1-30(2)17-16-23-25(34-3)15-12-22(29(23)37-30)24(32)13-10-20-11-14-26(35-4)27(18-20)36-19-28(33)31-21-8-6-5-7-9-21/h5-18H,19H2,1-4H3,(H,31,33)/b13-10+. The number of allylic oxidation sites excluding steroid dienone is 1. The molecule has 1 aliphatic heterocycles. The highest BCUT2D eigenvalue weighted by Crippen LogP contribution is 2.40. The first-order chi connectivity index (χ1) is 17.8. The van der Waals surface area contributed by atoms with Crippen LogP contribution in [0.2, 0.25) is 0 Å². The summed E-state index contributed by atoms with van der Waals surface area (Å²) >= 11 is 0. The lowest BCUT2D eigenvalue weighted by molar-refractivity contribution is -0.118. The normalized spacial score (nSPS) is 13.4. The molecule has 0 fully saturated rings. The lowest BCUT2D eigenvalue weighted by Crippen LogP contribution is -2.28. The monoisotopic (exact) mass is 499 g/mol. The molecule has 1 N–H and O–H groups in total. The molecule has 0 saturated heterocycles. The third-order valence-corrected chi connectivity index (χ3v) is 5.69. The van der Waals surface area contributed by atoms with Crippen molar-refractivity contribution in [1.29, 1.82) is 0 Å². The van der Waals surface area contributed by atoms with Crippen molar-refractivity contribution >= 4 is 29.5 Å². The van der Waals surface area contributed by atoms with Gasteiger partial charge in [-0.15, -0.1) is 0 Å². The number of ketones is 1. The van der Waals surface area contributed by atoms with Crippen LogP contribution in [0.4, 0.5) is 5.69 Å². The average Bonchev–Trinajstić information content (AvgIpc) is 2.90. The molecule has 1 heterocycles. The number of ether oxygens (including phenoxy) is 4. The van der Waals surface area contributed by atoms with Crippen molar-refractivity contribution in [1.82, 2.24) is 0 Å². The number of methoxy groups -OCH3 is 2. The summed E-state index contributed by atoms with van der Waals surface area (Å²) in [7, 11) is 3.10. The molecule has 0 atom stereocenters. The van der Waals surface area contributed by atoms with Gasteiger partial charge in [0.2, 0.25) is 0 Å². The lowest BCUT2D eigenvalue weighted by atomic mass is 9.97. The summed E-state index contributed by atoms with van der Waals surface area (Å²) in [4.78, 5) is 25.4. The van der Waals surface area contributed by atoms with Crippen molar-refractivity contribution in [2.45, 2.75) is 19.4 Å². The van der Waals surface area contributed by atoms with Gasteiger partial charge in [-0.2, -0.15) is 0 Å². The quantitative estimate of drug-likeness (QED) is 0.296. The maximum atomic E-state index is 13.2. The Morgan fingerprint density at radius 1 is 0.946 bits per heavy atom. The molecule has 3 aromatic carbocycles. The number of hydrogen-bond acceptors (Lipinski definition) is 6. The van der Waals surface area contributed by atoms with Crippen molar-refractivity contribution in [2.75, 3.05) is 26.1 Å². The minimum atomic E-state index is -0.548. The topological polar surface area (TPSA) is 83.1 Å². The zero-order valence-electron chi connectivity index (χ0n) is 21.2. The molecule has 3 aromatic rings. The number of carbonyl (C=O) groups is 2. The fraction of sp³-hybridized carbons (Fsp3) is 0.200. The number of amides is 1. The van der Waals surface area contributed by atoms with Crippen molar-refractivity contribution in [3.63, 3.8) is 0 Å². The molecular weight excluding hydrogens is 470 g/mol. The smallest absolute Gasteiger partial charge is 0.262 e. The highest BCUT2D eigenvalue weighted by atomic mass is 16.5. The van der Waals surface area contributed by atoms with Crippen LogP contribution in [0.5, 0.6) is 23.0 Å². The molecular formula is C30H29NO6. The first kappa shape index (κ1) is 25.6. The van der Waals surface area contributed by atoms with Gasteiger partial charge in [-0.05, 0) is 74.0 Å². The molecule has 190 valence electrons. The van der Waals surface area contributed by atoms with Gasteiger partial charge in [-0.1, -0.05) is 30.3 Å². The number of fused-ring (bicyclic) bond motifs is 1. The van der Waals surface area contributed by atoms with Gasteiger partial charge in [0.05, 0.1) is 25.3 Å². The number of rotatable bonds is 9. The summed E-state index contributed by atoms with van der Waals surface area (Å²) in [5.41, 5.74) is 2.01. The van der Waals surface area contributed by atoms with E-state index in [0.717, 1.165) is 5.56 Å². The van der Waals surface area contributed by atoms with Gasteiger partial charge in [0.25, 0.3) is 5.91 Å². The SMILES string of the molecule is COc1ccc(/C=C/C(=O)c2ccc(OC)c3c2OC(C)(C)C=C3)cc1OCC(=O)Nc1ccccc1. The second kappa shape index (κ2) is 11.0. The Bertz CT molecular complexity index is 1360. The molecule has 1 aliphatic rings. The average molecular weight is 500 g/mol. The first-order valence-corrected chi connectivity index (χ1v) is 11.8. The van der Waals surface area contributed by atoms with E-state index in [0.29, 0.717) is 39.8 Å². The summed E-state index contributed by atoms with van der Waals surface area (Å²) in [6.45, 7) is 3.65. The molecule has 0 spiro atoms. The zero-order chi connectivity index (χ0) is 26.4. The Kier molecular flexibility index (Phi) is 7.63. The van der Waals surface area contributed by atoms with E-state index in [1.54, 1.807) is 55.7 Å². The lowest BCUT2D eigenvalue weighted by Gasteiger charge is -2.29. The number of nitrogens with one attached hydrogen (secondary N) is 1. The van der Waals surface area contributed by atoms with E-state index >= 15 is 0 Å². The van der Waals surface area contributed by atoms with Crippen molar-refractivity contribution < 1.29 is 28.5 Å². The molecule has 1 amide bonds. The highest BCUT2D eigenvalue weighted by Gasteiger charge is 2.27. The van der Waals surface area contributed by atoms with Gasteiger partial charge in [-0.3, -0.25) is 9.59 Å². The van der Waals surface area contributed by atoms with Crippen LogP contribution in [0.15, 0.2) is 72.8 Å². The van der Waals surface area contributed by atoms with E-state index in [4.69, 9.17) is 18.9 Å². The minimum absolute atomic E-state index is 0.198. The molecule has 0 bridgehead atoms. The third kappa shape index (κ3) is 6.19. The number of benzene rings is 3. The van der Waals surface area contributed by atoms with Crippen LogP contribution in [-0.2, 0) is 4.79 Å². The van der Waals surface area contributed by atoms with Crippen molar-refractivity contribution in [2.24, 2.45) is 0 Å². The molecule has 0 aliphatic carbocycles. The number of carbonyl (C=O) groups excluding carboxylic acids is 2. The van der Waals surface area contributed by atoms with Crippen LogP contribution in [0.3, 0.4) is 0 Å². The van der Waals surface area contributed by atoms with E-state index in [1.807, 2.05) is 44.2 Å². The molecule has 0 saturated carbocycles. The van der Waals surface area contributed by atoms with E-state index in [9.17, 15) is 9.59 Å². The van der Waals surface area contributed by atoms with Crippen LogP contribution in [-0.4, -0.2) is 38.1 Å². The molecule has 7 heteroatoms. The molecule has 7 nitrogen and oxygen atoms in total. The Morgan fingerprint density at radius 3 is 2.41 bits per heavy atom. The summed E-state index contributed by atoms with van der Waals surface area (Å²) in [5, 5.41) is 2.77. The molecule has 0 radical (unpaired) electrons. The first-order valence-electron chi connectivity index (χ1n) is 11.8. The second-order valence-corrected chi connectivity index (χ2v) is 8.91. The maximum absolute atomic E-state index is 13.2. The Hall–Kier alpha value is -4.52. The summed E-state index contributed by atoms with van der Waals surface area (Å²) in [6.07, 6.45) is 7.00. The van der Waals surface area contributed by atoms with Crippen LogP contribution in [0.1, 0.15) is 35.3 Å². The van der Waals surface area contributed by atoms with E-state index in [-0.39, 0.29) is 18.3 Å². The minimum Gasteiger partial charge on any atom is -0.496 e. The predicted octanol–water partition coefficient (Wildman–Crippen LogP) is 5.80. The maximum Gasteiger partial charge on any atom is 0.262 e. The fourth-order valence-corrected chi connectivity index (χ4v) is 3.84. The molecule has 0 aromatic heterocycles. The van der Waals surface area contributed by atoms with Gasteiger partial charge in [0, 0.05) is 5.69 Å². The summed E-state index contributed by atoms with van der Waals surface area (Å²) in [6, 6.07) is 17.8. The van der Waals surface area contributed by atoms with E-state index in [2.05, 4.69) is 5.32 Å². The molecule has 37 heavy (non-hydrogen) atoms. The largest absolute Gasteiger partial charge is 0.496 e.